The molecule has 3 nitrogen and oxygen atoms in total. The number of rotatable bonds is 4. The van der Waals surface area contributed by atoms with Crippen molar-refractivity contribution < 1.29 is 9.90 Å². The molecular formula is C9H11NO2S. The van der Waals surface area contributed by atoms with Crippen molar-refractivity contribution >= 4 is 17.5 Å². The quantitative estimate of drug-likeness (QED) is 0.585. The highest BCUT2D eigenvalue weighted by Crippen LogP contribution is 2.15. The summed E-state index contributed by atoms with van der Waals surface area (Å²) in [7, 11) is 0. The third kappa shape index (κ3) is 3.16. The van der Waals surface area contributed by atoms with Crippen molar-refractivity contribution in [2.24, 2.45) is 0 Å². The minimum absolute atomic E-state index is 0.0354. The van der Waals surface area contributed by atoms with Crippen LogP contribution < -0.4 is 0 Å². The minimum Gasteiger partial charge on any atom is -0.396 e. The van der Waals surface area contributed by atoms with Gasteiger partial charge in [-0.3, -0.25) is 4.79 Å². The molecule has 1 heterocycles. The molecule has 0 bridgehead atoms. The number of aromatic nitrogens is 1. The first kappa shape index (κ1) is 10.2. The van der Waals surface area contributed by atoms with Crippen LogP contribution in [0.3, 0.4) is 0 Å². The van der Waals surface area contributed by atoms with Crippen molar-refractivity contribution in [1.29, 1.82) is 0 Å². The van der Waals surface area contributed by atoms with Crippen LogP contribution in [0.5, 0.6) is 0 Å². The van der Waals surface area contributed by atoms with Crippen molar-refractivity contribution in [3.63, 3.8) is 0 Å². The third-order valence-corrected chi connectivity index (χ3v) is 2.39. The zero-order valence-electron chi connectivity index (χ0n) is 7.36. The van der Waals surface area contributed by atoms with Crippen molar-refractivity contribution in [3.8, 4) is 0 Å². The van der Waals surface area contributed by atoms with Gasteiger partial charge in [-0.15, -0.1) is 11.8 Å². The monoisotopic (exact) mass is 197 g/mol. The van der Waals surface area contributed by atoms with Crippen LogP contribution in [0.25, 0.3) is 0 Å². The number of aliphatic hydroxyl groups is 1. The van der Waals surface area contributed by atoms with Crippen molar-refractivity contribution in [1.82, 2.24) is 4.98 Å². The Labute approximate surface area is 81.2 Å². The number of hydrogen-bond acceptors (Lipinski definition) is 4. The van der Waals surface area contributed by atoms with E-state index in [0.29, 0.717) is 11.3 Å². The molecule has 1 aromatic rings. The molecule has 70 valence electrons. The van der Waals surface area contributed by atoms with Gasteiger partial charge in [-0.2, -0.15) is 0 Å². The van der Waals surface area contributed by atoms with Gasteiger partial charge in [0.05, 0.1) is 11.6 Å². The van der Waals surface area contributed by atoms with E-state index in [4.69, 9.17) is 5.11 Å². The van der Waals surface area contributed by atoms with Crippen LogP contribution in [0, 0.1) is 0 Å². The Morgan fingerprint density at radius 2 is 2.46 bits per heavy atom. The molecule has 0 atom stereocenters. The van der Waals surface area contributed by atoms with E-state index >= 15 is 0 Å². The number of carbonyl (C=O) groups excluding carboxylic acids is 1. The van der Waals surface area contributed by atoms with Crippen LogP contribution in [0.2, 0.25) is 0 Å². The zero-order chi connectivity index (χ0) is 9.68. The predicted octanol–water partition coefficient (Wildman–Crippen LogP) is 1.37. The molecule has 4 heteroatoms. The van der Waals surface area contributed by atoms with Crippen LogP contribution in [0.15, 0.2) is 23.4 Å². The Morgan fingerprint density at radius 1 is 1.69 bits per heavy atom. The van der Waals surface area contributed by atoms with E-state index in [0.717, 1.165) is 5.03 Å². The molecule has 1 N–H and O–H groups in total. The molecule has 0 saturated carbocycles. The van der Waals surface area contributed by atoms with Gasteiger partial charge in [0.1, 0.15) is 0 Å². The molecule has 0 saturated heterocycles. The fraction of sp³-hybridized carbons (Fsp3) is 0.333. The average molecular weight is 197 g/mol. The summed E-state index contributed by atoms with van der Waals surface area (Å²) in [5, 5.41) is 9.37. The average Bonchev–Trinajstić information content (AvgIpc) is 2.15. The number of thioether (sulfide) groups is 1. The second-order valence-electron chi connectivity index (χ2n) is 2.51. The molecule has 1 aromatic heterocycles. The van der Waals surface area contributed by atoms with E-state index in [-0.39, 0.29) is 12.4 Å². The number of carbonyl (C=O) groups is 1. The van der Waals surface area contributed by atoms with E-state index in [2.05, 4.69) is 4.98 Å². The van der Waals surface area contributed by atoms with Crippen molar-refractivity contribution in [2.75, 3.05) is 12.4 Å². The second kappa shape index (κ2) is 4.99. The summed E-state index contributed by atoms with van der Waals surface area (Å²) in [5.74, 6) is 0.641. The van der Waals surface area contributed by atoms with Crippen LogP contribution in [0.4, 0.5) is 0 Å². The molecule has 13 heavy (non-hydrogen) atoms. The maximum atomic E-state index is 11.0. The van der Waals surface area contributed by atoms with Crippen molar-refractivity contribution in [2.45, 2.75) is 11.9 Å². The molecule has 0 unspecified atom stereocenters. The number of nitrogens with zero attached hydrogens (tertiary/aromatic N) is 1. The summed E-state index contributed by atoms with van der Waals surface area (Å²) in [6.07, 6.45) is 1.61. The maximum Gasteiger partial charge on any atom is 0.159 e. The fourth-order valence-corrected chi connectivity index (χ4v) is 1.50. The van der Waals surface area contributed by atoms with Gasteiger partial charge in [0.2, 0.25) is 0 Å². The summed E-state index contributed by atoms with van der Waals surface area (Å²) in [5.41, 5.74) is 0.662. The normalized spacial score (nSPS) is 10.0. The van der Waals surface area contributed by atoms with Gasteiger partial charge in [0.15, 0.2) is 5.78 Å². The Morgan fingerprint density at radius 3 is 3.08 bits per heavy atom. The van der Waals surface area contributed by atoms with E-state index in [9.17, 15) is 4.79 Å². The molecular weight excluding hydrogens is 186 g/mol. The molecule has 0 spiro atoms. The van der Waals surface area contributed by atoms with Crippen LogP contribution in [0.1, 0.15) is 17.3 Å². The zero-order valence-corrected chi connectivity index (χ0v) is 8.17. The van der Waals surface area contributed by atoms with E-state index < -0.39 is 0 Å². The highest BCUT2D eigenvalue weighted by atomic mass is 32.2. The number of pyridine rings is 1. The lowest BCUT2D eigenvalue weighted by Gasteiger charge is -1.99. The molecule has 0 aliphatic rings. The van der Waals surface area contributed by atoms with Gasteiger partial charge in [0.25, 0.3) is 0 Å². The Balaban J connectivity index is 2.73. The molecule has 0 aliphatic heterocycles. The summed E-state index contributed by atoms with van der Waals surface area (Å²) < 4.78 is 0. The highest BCUT2D eigenvalue weighted by Gasteiger charge is 2.01. The maximum absolute atomic E-state index is 11.0. The number of ketones is 1. The molecule has 0 fully saturated rings. The summed E-state index contributed by atoms with van der Waals surface area (Å²) in [6, 6.07) is 3.42. The van der Waals surface area contributed by atoms with Crippen LogP contribution in [-0.4, -0.2) is 28.2 Å². The second-order valence-corrected chi connectivity index (χ2v) is 3.63. The van der Waals surface area contributed by atoms with Gasteiger partial charge in [0, 0.05) is 17.5 Å². The summed E-state index contributed by atoms with van der Waals surface area (Å²) in [6.45, 7) is 1.65. The van der Waals surface area contributed by atoms with Crippen LogP contribution >= 0.6 is 11.8 Å². The lowest BCUT2D eigenvalue weighted by atomic mass is 10.2. The highest BCUT2D eigenvalue weighted by molar-refractivity contribution is 7.99. The topological polar surface area (TPSA) is 50.2 Å². The van der Waals surface area contributed by atoms with Crippen molar-refractivity contribution in [3.05, 3.63) is 23.9 Å². The minimum atomic E-state index is 0.0354. The van der Waals surface area contributed by atoms with E-state index in [1.54, 1.807) is 18.3 Å². The summed E-state index contributed by atoms with van der Waals surface area (Å²) >= 11 is 1.44. The SMILES string of the molecule is CC(=O)c1ccnc(SCCO)c1. The van der Waals surface area contributed by atoms with Gasteiger partial charge < -0.3 is 5.11 Å². The van der Waals surface area contributed by atoms with E-state index in [1.165, 1.54) is 18.7 Å². The molecule has 0 aliphatic carbocycles. The van der Waals surface area contributed by atoms with E-state index in [1.807, 2.05) is 0 Å². The molecule has 1 rings (SSSR count). The number of aliphatic hydroxyl groups excluding tert-OH is 1. The number of Topliss-reactive ketones (excluding diaryl/α,β-unsaturated/α-hetero) is 1. The smallest absolute Gasteiger partial charge is 0.159 e. The third-order valence-electron chi connectivity index (χ3n) is 1.48. The summed E-state index contributed by atoms with van der Waals surface area (Å²) in [4.78, 5) is 15.0. The first-order valence-electron chi connectivity index (χ1n) is 3.94. The first-order valence-corrected chi connectivity index (χ1v) is 4.93. The Kier molecular flexibility index (Phi) is 3.92. The molecule has 0 radical (unpaired) electrons. The Hall–Kier alpha value is -0.870. The van der Waals surface area contributed by atoms with Gasteiger partial charge >= 0.3 is 0 Å². The van der Waals surface area contributed by atoms with Gasteiger partial charge in [-0.1, -0.05) is 0 Å². The molecule has 0 aromatic carbocycles. The Bertz CT molecular complexity index is 301. The first-order chi connectivity index (χ1) is 6.24. The fourth-order valence-electron chi connectivity index (χ4n) is 0.858. The largest absolute Gasteiger partial charge is 0.396 e. The standard InChI is InChI=1S/C9H11NO2S/c1-7(12)8-2-3-10-9(6-8)13-5-4-11/h2-3,6,11H,4-5H2,1H3. The van der Waals surface area contributed by atoms with Crippen LogP contribution in [-0.2, 0) is 0 Å². The lowest BCUT2D eigenvalue weighted by Crippen LogP contribution is -1.94. The molecule has 0 amide bonds. The van der Waals surface area contributed by atoms with Gasteiger partial charge in [-0.25, -0.2) is 4.98 Å². The predicted molar refractivity (Wildman–Crippen MR) is 52.1 cm³/mol. The lowest BCUT2D eigenvalue weighted by molar-refractivity contribution is 0.101. The number of hydrogen-bond donors (Lipinski definition) is 1. The van der Waals surface area contributed by atoms with Gasteiger partial charge in [-0.05, 0) is 19.1 Å².